The molecule has 0 spiro atoms. The van der Waals surface area contributed by atoms with Crippen molar-refractivity contribution in [3.05, 3.63) is 72.3 Å². The summed E-state index contributed by atoms with van der Waals surface area (Å²) in [4.78, 5) is 0. The largest absolute Gasteiger partial charge is 0.399 e. The number of rotatable bonds is 4. The van der Waals surface area contributed by atoms with E-state index in [2.05, 4.69) is 16.3 Å². The summed E-state index contributed by atoms with van der Waals surface area (Å²) in [5.74, 6) is 0.957. The molecule has 0 amide bonds. The van der Waals surface area contributed by atoms with Crippen LogP contribution in [0.25, 0.3) is 5.69 Å². The lowest BCUT2D eigenvalue weighted by molar-refractivity contribution is 0.822. The van der Waals surface area contributed by atoms with E-state index in [0.29, 0.717) is 0 Å². The number of aromatic nitrogens is 3. The van der Waals surface area contributed by atoms with Crippen molar-refractivity contribution in [2.24, 2.45) is 0 Å². The fourth-order valence-corrected chi connectivity index (χ4v) is 2.24. The van der Waals surface area contributed by atoms with Crippen LogP contribution in [-0.4, -0.2) is 14.8 Å². The molecule has 2 N–H and O–H groups in total. The van der Waals surface area contributed by atoms with Crippen LogP contribution < -0.4 is 5.73 Å². The summed E-state index contributed by atoms with van der Waals surface area (Å²) in [5.41, 5.74) is 8.89. The highest BCUT2D eigenvalue weighted by Gasteiger charge is 2.06. The number of nitrogen functional groups attached to an aromatic ring is 1. The van der Waals surface area contributed by atoms with Gasteiger partial charge in [-0.3, -0.25) is 4.57 Å². The zero-order valence-electron chi connectivity index (χ0n) is 11.1. The quantitative estimate of drug-likeness (QED) is 0.737. The Kier molecular flexibility index (Phi) is 3.46. The van der Waals surface area contributed by atoms with E-state index in [-0.39, 0.29) is 0 Å². The number of aryl methyl sites for hydroxylation is 2. The smallest absolute Gasteiger partial charge is 0.137 e. The minimum absolute atomic E-state index is 0.798. The Balaban J connectivity index is 1.78. The maximum Gasteiger partial charge on any atom is 0.137 e. The lowest BCUT2D eigenvalue weighted by Gasteiger charge is -2.06. The molecule has 0 aliphatic heterocycles. The Hall–Kier alpha value is -2.62. The van der Waals surface area contributed by atoms with Gasteiger partial charge in [-0.1, -0.05) is 30.3 Å². The Morgan fingerprint density at radius 3 is 2.60 bits per heavy atom. The molecule has 0 unspecified atom stereocenters. The van der Waals surface area contributed by atoms with Crippen molar-refractivity contribution in [1.82, 2.24) is 14.8 Å². The van der Waals surface area contributed by atoms with Gasteiger partial charge in [0.2, 0.25) is 0 Å². The number of benzene rings is 2. The summed E-state index contributed by atoms with van der Waals surface area (Å²) >= 11 is 0. The van der Waals surface area contributed by atoms with Crippen molar-refractivity contribution >= 4 is 5.69 Å². The van der Waals surface area contributed by atoms with Crippen molar-refractivity contribution in [2.75, 3.05) is 5.73 Å². The molecule has 0 saturated heterocycles. The Morgan fingerprint density at radius 2 is 1.80 bits per heavy atom. The van der Waals surface area contributed by atoms with E-state index >= 15 is 0 Å². The molecule has 3 rings (SSSR count). The average molecular weight is 264 g/mol. The second-order valence-electron chi connectivity index (χ2n) is 4.70. The van der Waals surface area contributed by atoms with Gasteiger partial charge in [-0.2, -0.15) is 0 Å². The van der Waals surface area contributed by atoms with Crippen LogP contribution in [0.15, 0.2) is 60.9 Å². The van der Waals surface area contributed by atoms with Crippen LogP contribution in [0.5, 0.6) is 0 Å². The fourth-order valence-electron chi connectivity index (χ4n) is 2.24. The molecule has 4 nitrogen and oxygen atoms in total. The molecule has 0 radical (unpaired) electrons. The van der Waals surface area contributed by atoms with Crippen molar-refractivity contribution in [3.63, 3.8) is 0 Å². The first-order valence-corrected chi connectivity index (χ1v) is 6.62. The average Bonchev–Trinajstić information content (AvgIpc) is 2.95. The number of nitrogens with zero attached hydrogens (tertiary/aromatic N) is 3. The van der Waals surface area contributed by atoms with E-state index in [4.69, 9.17) is 5.73 Å². The molecule has 0 saturated carbocycles. The van der Waals surface area contributed by atoms with Crippen molar-refractivity contribution in [2.45, 2.75) is 12.8 Å². The van der Waals surface area contributed by atoms with Gasteiger partial charge in [-0.15, -0.1) is 10.2 Å². The Bertz CT molecular complexity index is 688. The zero-order chi connectivity index (χ0) is 13.8. The number of para-hydroxylation sites is 1. The van der Waals surface area contributed by atoms with E-state index in [1.807, 2.05) is 53.1 Å². The normalized spacial score (nSPS) is 10.6. The Morgan fingerprint density at radius 1 is 0.950 bits per heavy atom. The maximum atomic E-state index is 5.80. The van der Waals surface area contributed by atoms with E-state index < -0.39 is 0 Å². The summed E-state index contributed by atoms with van der Waals surface area (Å²) in [6.45, 7) is 0. The van der Waals surface area contributed by atoms with Crippen LogP contribution in [0, 0.1) is 0 Å². The number of hydrogen-bond acceptors (Lipinski definition) is 3. The maximum absolute atomic E-state index is 5.80. The molecule has 0 aliphatic carbocycles. The molecule has 1 heterocycles. The van der Waals surface area contributed by atoms with Crippen molar-refractivity contribution in [1.29, 1.82) is 0 Å². The van der Waals surface area contributed by atoms with E-state index in [9.17, 15) is 0 Å². The van der Waals surface area contributed by atoms with Crippen LogP contribution in [0.3, 0.4) is 0 Å². The van der Waals surface area contributed by atoms with Gasteiger partial charge in [0.15, 0.2) is 0 Å². The lowest BCUT2D eigenvalue weighted by atomic mass is 10.1. The highest BCUT2D eigenvalue weighted by Crippen LogP contribution is 2.13. The Labute approximate surface area is 117 Å². The predicted octanol–water partition coefficient (Wildman–Crippen LogP) is 2.63. The SMILES string of the molecule is Nc1cccc(CCc2nncn2-c2ccccc2)c1. The zero-order valence-corrected chi connectivity index (χ0v) is 11.1. The first kappa shape index (κ1) is 12.4. The molecule has 0 aliphatic rings. The van der Waals surface area contributed by atoms with Crippen molar-refractivity contribution in [3.8, 4) is 5.69 Å². The fraction of sp³-hybridized carbons (Fsp3) is 0.125. The summed E-state index contributed by atoms with van der Waals surface area (Å²) in [5, 5.41) is 8.23. The topological polar surface area (TPSA) is 56.7 Å². The summed E-state index contributed by atoms with van der Waals surface area (Å²) < 4.78 is 2.02. The third kappa shape index (κ3) is 2.69. The summed E-state index contributed by atoms with van der Waals surface area (Å²) in [6.07, 6.45) is 3.49. The molecule has 0 atom stereocenters. The van der Waals surface area contributed by atoms with Crippen LogP contribution in [-0.2, 0) is 12.8 Å². The highest BCUT2D eigenvalue weighted by atomic mass is 15.3. The second-order valence-corrected chi connectivity index (χ2v) is 4.70. The van der Waals surface area contributed by atoms with Gasteiger partial charge in [0.25, 0.3) is 0 Å². The van der Waals surface area contributed by atoms with Gasteiger partial charge >= 0.3 is 0 Å². The molecule has 100 valence electrons. The number of nitrogens with two attached hydrogens (primary N) is 1. The third-order valence-electron chi connectivity index (χ3n) is 3.24. The van der Waals surface area contributed by atoms with Gasteiger partial charge in [-0.05, 0) is 36.2 Å². The van der Waals surface area contributed by atoms with Crippen LogP contribution in [0.4, 0.5) is 5.69 Å². The highest BCUT2D eigenvalue weighted by molar-refractivity contribution is 5.40. The molecule has 4 heteroatoms. The molecule has 0 bridgehead atoms. The monoisotopic (exact) mass is 264 g/mol. The minimum atomic E-state index is 0.798. The summed E-state index contributed by atoms with van der Waals surface area (Å²) in [7, 11) is 0. The molecule has 1 aromatic heterocycles. The first-order chi connectivity index (χ1) is 9.83. The predicted molar refractivity (Wildman–Crippen MR) is 79.6 cm³/mol. The third-order valence-corrected chi connectivity index (χ3v) is 3.24. The minimum Gasteiger partial charge on any atom is -0.399 e. The van der Waals surface area contributed by atoms with E-state index in [1.54, 1.807) is 6.33 Å². The molecule has 2 aromatic carbocycles. The number of hydrogen-bond donors (Lipinski definition) is 1. The van der Waals surface area contributed by atoms with E-state index in [1.165, 1.54) is 5.56 Å². The lowest BCUT2D eigenvalue weighted by Crippen LogP contribution is -2.02. The molecular weight excluding hydrogens is 248 g/mol. The first-order valence-electron chi connectivity index (χ1n) is 6.62. The van der Waals surface area contributed by atoms with Gasteiger partial charge < -0.3 is 5.73 Å². The van der Waals surface area contributed by atoms with Gasteiger partial charge in [-0.25, -0.2) is 0 Å². The summed E-state index contributed by atoms with van der Waals surface area (Å²) in [6, 6.07) is 18.1. The van der Waals surface area contributed by atoms with Crippen LogP contribution in [0.2, 0.25) is 0 Å². The van der Waals surface area contributed by atoms with Crippen molar-refractivity contribution < 1.29 is 0 Å². The van der Waals surface area contributed by atoms with E-state index in [0.717, 1.165) is 30.0 Å². The van der Waals surface area contributed by atoms with Gasteiger partial charge in [0.1, 0.15) is 12.2 Å². The second kappa shape index (κ2) is 5.57. The molecule has 20 heavy (non-hydrogen) atoms. The van der Waals surface area contributed by atoms with Crippen LogP contribution >= 0.6 is 0 Å². The molecular formula is C16H16N4. The van der Waals surface area contributed by atoms with Gasteiger partial charge in [0.05, 0.1) is 0 Å². The van der Waals surface area contributed by atoms with Crippen LogP contribution in [0.1, 0.15) is 11.4 Å². The molecule has 3 aromatic rings. The molecule has 0 fully saturated rings. The van der Waals surface area contributed by atoms with Gasteiger partial charge in [0, 0.05) is 17.8 Å². The standard InChI is InChI=1S/C16H16N4/c17-14-6-4-5-13(11-14)9-10-16-19-18-12-20(16)15-7-2-1-3-8-15/h1-8,11-12H,9-10,17H2. The number of anilines is 1.